The molecule has 4 nitrogen and oxygen atoms in total. The van der Waals surface area contributed by atoms with Crippen LogP contribution in [0.2, 0.25) is 0 Å². The molecule has 1 unspecified atom stereocenters. The summed E-state index contributed by atoms with van der Waals surface area (Å²) in [7, 11) is 0. The van der Waals surface area contributed by atoms with E-state index in [4.69, 9.17) is 16.3 Å². The van der Waals surface area contributed by atoms with Crippen LogP contribution >= 0.6 is 11.6 Å². The van der Waals surface area contributed by atoms with Crippen LogP contribution in [0.5, 0.6) is 0 Å². The van der Waals surface area contributed by atoms with Crippen molar-refractivity contribution in [2.75, 3.05) is 12.5 Å². The highest BCUT2D eigenvalue weighted by Crippen LogP contribution is 2.01. The summed E-state index contributed by atoms with van der Waals surface area (Å²) in [5.41, 5.74) is 0. The van der Waals surface area contributed by atoms with Gasteiger partial charge in [-0.1, -0.05) is 26.2 Å². The topological polar surface area (TPSA) is 55.4 Å². The molecule has 0 aliphatic heterocycles. The lowest BCUT2D eigenvalue weighted by Crippen LogP contribution is -2.39. The first-order valence-electron chi connectivity index (χ1n) is 7.13. The number of hydrogen-bond donors (Lipinski definition) is 1. The van der Waals surface area contributed by atoms with Gasteiger partial charge in [-0.05, 0) is 26.2 Å². The summed E-state index contributed by atoms with van der Waals surface area (Å²) >= 11 is 5.53. The summed E-state index contributed by atoms with van der Waals surface area (Å²) in [6.07, 6.45) is 6.23. The highest BCUT2D eigenvalue weighted by Gasteiger charge is 2.16. The standard InChI is InChI=1S/C14H26ClNO3/c1-3-4-5-8-11-19-14(18)12(2)16-13(17)9-6-7-10-15/h12H,3-11H2,1-2H3,(H,16,17). The van der Waals surface area contributed by atoms with E-state index in [1.165, 1.54) is 0 Å². The Hall–Kier alpha value is -0.770. The van der Waals surface area contributed by atoms with Gasteiger partial charge in [0.2, 0.25) is 5.91 Å². The predicted octanol–water partition coefficient (Wildman–Crippen LogP) is 3.02. The molecule has 0 heterocycles. The first-order chi connectivity index (χ1) is 9.11. The van der Waals surface area contributed by atoms with E-state index in [1.807, 2.05) is 0 Å². The molecule has 0 saturated carbocycles. The van der Waals surface area contributed by atoms with E-state index in [-0.39, 0.29) is 11.9 Å². The maximum absolute atomic E-state index is 11.6. The SMILES string of the molecule is CCCCCCOC(=O)C(C)NC(=O)CCCCCl. The minimum absolute atomic E-state index is 0.124. The van der Waals surface area contributed by atoms with Gasteiger partial charge in [-0.15, -0.1) is 11.6 Å². The zero-order valence-corrected chi connectivity index (χ0v) is 12.8. The smallest absolute Gasteiger partial charge is 0.328 e. The van der Waals surface area contributed by atoms with Crippen molar-refractivity contribution in [1.29, 1.82) is 0 Å². The van der Waals surface area contributed by atoms with Gasteiger partial charge < -0.3 is 10.1 Å². The Bertz CT molecular complexity index is 259. The average Bonchev–Trinajstić information content (AvgIpc) is 2.38. The number of halogens is 1. The van der Waals surface area contributed by atoms with Crippen LogP contribution in [0.25, 0.3) is 0 Å². The lowest BCUT2D eigenvalue weighted by molar-refractivity contribution is -0.147. The number of amides is 1. The van der Waals surface area contributed by atoms with Gasteiger partial charge in [-0.25, -0.2) is 4.79 Å². The lowest BCUT2D eigenvalue weighted by atomic mass is 10.2. The second-order valence-corrected chi connectivity index (χ2v) is 5.04. The molecule has 0 aliphatic rings. The summed E-state index contributed by atoms with van der Waals surface area (Å²) < 4.78 is 5.10. The molecule has 0 bridgehead atoms. The van der Waals surface area contributed by atoms with Crippen LogP contribution in [0, 0.1) is 0 Å². The molecule has 5 heteroatoms. The Kier molecular flexibility index (Phi) is 11.8. The Labute approximate surface area is 121 Å². The fourth-order valence-electron chi connectivity index (χ4n) is 1.58. The molecule has 0 spiro atoms. The first kappa shape index (κ1) is 18.2. The Morgan fingerprint density at radius 3 is 2.53 bits per heavy atom. The van der Waals surface area contributed by atoms with E-state index in [0.717, 1.165) is 38.5 Å². The molecule has 0 rings (SSSR count). The van der Waals surface area contributed by atoms with Gasteiger partial charge in [0.1, 0.15) is 6.04 Å². The molecule has 0 aromatic carbocycles. The quantitative estimate of drug-likeness (QED) is 0.362. The molecule has 19 heavy (non-hydrogen) atoms. The fraction of sp³-hybridized carbons (Fsp3) is 0.857. The second-order valence-electron chi connectivity index (χ2n) is 4.66. The number of ether oxygens (including phenoxy) is 1. The Morgan fingerprint density at radius 1 is 1.16 bits per heavy atom. The molecular weight excluding hydrogens is 266 g/mol. The van der Waals surface area contributed by atoms with Crippen LogP contribution in [0.4, 0.5) is 0 Å². The van der Waals surface area contributed by atoms with Gasteiger partial charge in [0.25, 0.3) is 0 Å². The molecule has 112 valence electrons. The molecule has 0 saturated heterocycles. The van der Waals surface area contributed by atoms with Gasteiger partial charge in [0.05, 0.1) is 6.61 Å². The molecule has 0 fully saturated rings. The second kappa shape index (κ2) is 12.3. The third kappa shape index (κ3) is 10.8. The zero-order chi connectivity index (χ0) is 14.5. The lowest BCUT2D eigenvalue weighted by Gasteiger charge is -2.13. The average molecular weight is 292 g/mol. The van der Waals surface area contributed by atoms with Gasteiger partial charge in [-0.3, -0.25) is 4.79 Å². The van der Waals surface area contributed by atoms with Gasteiger partial charge in [0.15, 0.2) is 0 Å². The van der Waals surface area contributed by atoms with Crippen LogP contribution in [0.15, 0.2) is 0 Å². The number of alkyl halides is 1. The number of unbranched alkanes of at least 4 members (excludes halogenated alkanes) is 4. The normalized spacial score (nSPS) is 11.9. The molecule has 0 aromatic heterocycles. The third-order valence-corrected chi connectivity index (χ3v) is 3.03. The largest absolute Gasteiger partial charge is 0.464 e. The molecular formula is C14H26ClNO3. The minimum Gasteiger partial charge on any atom is -0.464 e. The zero-order valence-electron chi connectivity index (χ0n) is 12.0. The van der Waals surface area contributed by atoms with Crippen molar-refractivity contribution in [3.8, 4) is 0 Å². The monoisotopic (exact) mass is 291 g/mol. The summed E-state index contributed by atoms with van der Waals surface area (Å²) in [6.45, 7) is 4.22. The third-order valence-electron chi connectivity index (χ3n) is 2.76. The van der Waals surface area contributed by atoms with E-state index in [1.54, 1.807) is 6.92 Å². The number of hydrogen-bond acceptors (Lipinski definition) is 3. The molecule has 1 atom stereocenters. The van der Waals surface area contributed by atoms with Gasteiger partial charge in [0, 0.05) is 12.3 Å². The predicted molar refractivity (Wildman–Crippen MR) is 77.3 cm³/mol. The van der Waals surface area contributed by atoms with Crippen molar-refractivity contribution in [2.24, 2.45) is 0 Å². The summed E-state index contributed by atoms with van der Waals surface area (Å²) in [5, 5.41) is 2.63. The fourth-order valence-corrected chi connectivity index (χ4v) is 1.77. The van der Waals surface area contributed by atoms with Gasteiger partial charge in [-0.2, -0.15) is 0 Å². The highest BCUT2D eigenvalue weighted by molar-refractivity contribution is 6.17. The van der Waals surface area contributed by atoms with E-state index >= 15 is 0 Å². The molecule has 1 N–H and O–H groups in total. The van der Waals surface area contributed by atoms with E-state index in [2.05, 4.69) is 12.2 Å². The van der Waals surface area contributed by atoms with Gasteiger partial charge >= 0.3 is 5.97 Å². The molecule has 0 aromatic rings. The first-order valence-corrected chi connectivity index (χ1v) is 7.67. The van der Waals surface area contributed by atoms with E-state index < -0.39 is 6.04 Å². The van der Waals surface area contributed by atoms with Crippen molar-refractivity contribution in [2.45, 2.75) is 64.8 Å². The van der Waals surface area contributed by atoms with Crippen molar-refractivity contribution in [3.05, 3.63) is 0 Å². The summed E-state index contributed by atoms with van der Waals surface area (Å²) in [5.74, 6) is 0.0746. The molecule has 1 amide bonds. The van der Waals surface area contributed by atoms with Crippen molar-refractivity contribution >= 4 is 23.5 Å². The summed E-state index contributed by atoms with van der Waals surface area (Å²) in [6, 6.07) is -0.574. The maximum Gasteiger partial charge on any atom is 0.328 e. The minimum atomic E-state index is -0.574. The van der Waals surface area contributed by atoms with E-state index in [0.29, 0.717) is 18.9 Å². The van der Waals surface area contributed by atoms with Crippen LogP contribution < -0.4 is 5.32 Å². The van der Waals surface area contributed by atoms with Crippen molar-refractivity contribution in [1.82, 2.24) is 5.32 Å². The van der Waals surface area contributed by atoms with Crippen molar-refractivity contribution in [3.63, 3.8) is 0 Å². The Balaban J connectivity index is 3.65. The molecule has 0 radical (unpaired) electrons. The summed E-state index contributed by atoms with van der Waals surface area (Å²) in [4.78, 5) is 23.1. The van der Waals surface area contributed by atoms with Crippen LogP contribution in [-0.4, -0.2) is 30.4 Å². The number of carbonyl (C=O) groups is 2. The number of nitrogens with one attached hydrogen (secondary N) is 1. The number of esters is 1. The number of carbonyl (C=O) groups excluding carboxylic acids is 2. The Morgan fingerprint density at radius 2 is 1.89 bits per heavy atom. The maximum atomic E-state index is 11.6. The molecule has 0 aliphatic carbocycles. The van der Waals surface area contributed by atoms with Crippen molar-refractivity contribution < 1.29 is 14.3 Å². The van der Waals surface area contributed by atoms with Crippen LogP contribution in [0.3, 0.4) is 0 Å². The highest BCUT2D eigenvalue weighted by atomic mass is 35.5. The number of rotatable bonds is 11. The van der Waals surface area contributed by atoms with Crippen LogP contribution in [0.1, 0.15) is 58.8 Å². The van der Waals surface area contributed by atoms with Crippen LogP contribution in [-0.2, 0) is 14.3 Å². The van der Waals surface area contributed by atoms with E-state index in [9.17, 15) is 9.59 Å².